The molecule has 0 bridgehead atoms. The first kappa shape index (κ1) is 20.8. The van der Waals surface area contributed by atoms with Gasteiger partial charge in [-0.25, -0.2) is 13.2 Å². The molecule has 30 heavy (non-hydrogen) atoms. The number of hydrogen-bond acceptors (Lipinski definition) is 3. The van der Waals surface area contributed by atoms with E-state index < -0.39 is 17.5 Å². The lowest BCUT2D eigenvalue weighted by atomic mass is 10.1. The summed E-state index contributed by atoms with van der Waals surface area (Å²) < 4.78 is 41.8. The second-order valence-corrected chi connectivity index (χ2v) is 6.46. The van der Waals surface area contributed by atoms with E-state index in [1.807, 2.05) is 6.92 Å². The number of rotatable bonds is 4. The van der Waals surface area contributed by atoms with Gasteiger partial charge in [0.05, 0.1) is 22.5 Å². The quantitative estimate of drug-likeness (QED) is 0.351. The minimum absolute atomic E-state index is 0.0650. The van der Waals surface area contributed by atoms with Crippen LogP contribution in [0.4, 0.5) is 24.5 Å². The molecule has 0 saturated heterocycles. The molecule has 3 rings (SSSR count). The zero-order valence-electron chi connectivity index (χ0n) is 16.1. The van der Waals surface area contributed by atoms with Crippen molar-refractivity contribution in [3.05, 3.63) is 94.3 Å². The molecule has 6 heteroatoms. The maximum Gasteiger partial charge on any atom is 0.143 e. The van der Waals surface area contributed by atoms with Crippen molar-refractivity contribution in [1.29, 1.82) is 5.26 Å². The van der Waals surface area contributed by atoms with E-state index in [0.717, 1.165) is 12.5 Å². The fourth-order valence-corrected chi connectivity index (χ4v) is 2.70. The maximum atomic E-state index is 14.1. The second-order valence-electron chi connectivity index (χ2n) is 6.46. The average molecular weight is 403 g/mol. The summed E-state index contributed by atoms with van der Waals surface area (Å²) in [5.41, 5.74) is 1.59. The maximum absolute atomic E-state index is 14.1. The highest BCUT2D eigenvalue weighted by Crippen LogP contribution is 2.21. The molecule has 3 aromatic carbocycles. The van der Waals surface area contributed by atoms with Gasteiger partial charge < -0.3 is 0 Å². The molecule has 0 aliphatic rings. The highest BCUT2D eigenvalue weighted by Gasteiger charge is 2.09. The van der Waals surface area contributed by atoms with Crippen LogP contribution in [0.1, 0.15) is 35.6 Å². The van der Waals surface area contributed by atoms with Gasteiger partial charge >= 0.3 is 0 Å². The first-order valence-corrected chi connectivity index (χ1v) is 9.21. The van der Waals surface area contributed by atoms with Crippen LogP contribution >= 0.6 is 0 Å². The Morgan fingerprint density at radius 2 is 1.43 bits per heavy atom. The van der Waals surface area contributed by atoms with Gasteiger partial charge in [0.1, 0.15) is 23.5 Å². The van der Waals surface area contributed by atoms with Crippen molar-refractivity contribution < 1.29 is 13.2 Å². The van der Waals surface area contributed by atoms with Gasteiger partial charge in [-0.05, 0) is 60.5 Å². The van der Waals surface area contributed by atoms with Crippen molar-refractivity contribution >= 4 is 11.4 Å². The first-order valence-electron chi connectivity index (χ1n) is 9.21. The minimum Gasteiger partial charge on any atom is -0.206 e. The minimum atomic E-state index is -0.675. The molecule has 3 aromatic rings. The Hall–Kier alpha value is -3.90. The van der Waals surface area contributed by atoms with E-state index in [9.17, 15) is 13.2 Å². The van der Waals surface area contributed by atoms with Crippen LogP contribution < -0.4 is 0 Å². The number of halogens is 3. The van der Waals surface area contributed by atoms with E-state index in [2.05, 4.69) is 22.1 Å². The molecule has 0 atom stereocenters. The molecule has 0 aliphatic carbocycles. The van der Waals surface area contributed by atoms with Crippen LogP contribution in [0.15, 0.2) is 64.8 Å². The monoisotopic (exact) mass is 403 g/mol. The topological polar surface area (TPSA) is 48.5 Å². The molecule has 0 aromatic heterocycles. The molecule has 0 saturated carbocycles. The summed E-state index contributed by atoms with van der Waals surface area (Å²) in [6.07, 6.45) is 1.40. The van der Waals surface area contributed by atoms with Gasteiger partial charge in [0.25, 0.3) is 0 Å². The lowest BCUT2D eigenvalue weighted by Crippen LogP contribution is -1.94. The van der Waals surface area contributed by atoms with Gasteiger partial charge in [-0.3, -0.25) is 0 Å². The molecule has 0 heterocycles. The van der Waals surface area contributed by atoms with E-state index in [1.165, 1.54) is 24.3 Å². The number of aryl methyl sites for hydroxylation is 1. The van der Waals surface area contributed by atoms with Gasteiger partial charge in [-0.1, -0.05) is 25.2 Å². The Morgan fingerprint density at radius 3 is 2.03 bits per heavy atom. The van der Waals surface area contributed by atoms with Crippen LogP contribution in [-0.2, 0) is 6.42 Å². The fraction of sp³-hybridized carbons (Fsp3) is 0.125. The van der Waals surface area contributed by atoms with Crippen molar-refractivity contribution in [3.63, 3.8) is 0 Å². The van der Waals surface area contributed by atoms with Crippen molar-refractivity contribution in [2.45, 2.75) is 19.8 Å². The van der Waals surface area contributed by atoms with Crippen LogP contribution in [-0.4, -0.2) is 0 Å². The molecule has 0 amide bonds. The smallest absolute Gasteiger partial charge is 0.143 e. The number of benzene rings is 3. The molecular formula is C24H16F3N3. The highest BCUT2D eigenvalue weighted by atomic mass is 19.1. The van der Waals surface area contributed by atoms with E-state index >= 15 is 0 Å². The standard InChI is InChI=1S/C24H16F3N3/c1-2-3-17-12-23(26)21(24(27)13-17)11-6-16-4-8-19(9-5-16)29-30-20-10-7-18(15-28)22(25)14-20/h4-5,7-10,12-14H,2-3H2,1H3. The van der Waals surface area contributed by atoms with Crippen LogP contribution in [0.5, 0.6) is 0 Å². The van der Waals surface area contributed by atoms with E-state index in [1.54, 1.807) is 30.3 Å². The molecule has 0 fully saturated rings. The zero-order chi connectivity index (χ0) is 21.5. The predicted molar refractivity (Wildman–Crippen MR) is 108 cm³/mol. The van der Waals surface area contributed by atoms with E-state index in [4.69, 9.17) is 5.26 Å². The third kappa shape index (κ3) is 5.12. The molecule has 0 spiro atoms. The van der Waals surface area contributed by atoms with Crippen molar-refractivity contribution in [3.8, 4) is 17.9 Å². The van der Waals surface area contributed by atoms with Gasteiger partial charge in [0.2, 0.25) is 0 Å². The lowest BCUT2D eigenvalue weighted by Gasteiger charge is -2.02. The normalized spacial score (nSPS) is 10.5. The number of nitrogens with zero attached hydrogens (tertiary/aromatic N) is 3. The van der Waals surface area contributed by atoms with Crippen molar-refractivity contribution in [2.75, 3.05) is 0 Å². The summed E-state index contributed by atoms with van der Waals surface area (Å²) in [5, 5.41) is 16.6. The Kier molecular flexibility index (Phi) is 6.62. The lowest BCUT2D eigenvalue weighted by molar-refractivity contribution is 0.573. The largest absolute Gasteiger partial charge is 0.206 e. The molecule has 0 N–H and O–H groups in total. The van der Waals surface area contributed by atoms with E-state index in [-0.39, 0.29) is 16.8 Å². The SMILES string of the molecule is CCCc1cc(F)c(C#Cc2ccc(N=Nc3ccc(C#N)c(F)c3)cc2)c(F)c1. The molecule has 3 nitrogen and oxygen atoms in total. The Balaban J connectivity index is 1.75. The Morgan fingerprint density at radius 1 is 0.800 bits per heavy atom. The predicted octanol–water partition coefficient (Wildman–Crippen LogP) is 6.74. The third-order valence-corrected chi connectivity index (χ3v) is 4.19. The van der Waals surface area contributed by atoms with Crippen LogP contribution in [0.25, 0.3) is 0 Å². The Labute approximate surface area is 172 Å². The molecular weight excluding hydrogens is 387 g/mol. The fourth-order valence-electron chi connectivity index (χ4n) is 2.70. The summed E-state index contributed by atoms with van der Waals surface area (Å²) in [7, 11) is 0. The second kappa shape index (κ2) is 9.54. The zero-order valence-corrected chi connectivity index (χ0v) is 16.1. The first-order chi connectivity index (χ1) is 14.5. The van der Waals surface area contributed by atoms with Gasteiger partial charge in [0.15, 0.2) is 0 Å². The van der Waals surface area contributed by atoms with Gasteiger partial charge in [0, 0.05) is 11.6 Å². The third-order valence-electron chi connectivity index (χ3n) is 4.19. The van der Waals surface area contributed by atoms with Crippen LogP contribution in [0.3, 0.4) is 0 Å². The molecule has 0 unspecified atom stereocenters. The number of hydrogen-bond donors (Lipinski definition) is 0. The molecule has 148 valence electrons. The molecule has 0 radical (unpaired) electrons. The van der Waals surface area contributed by atoms with Gasteiger partial charge in [-0.2, -0.15) is 15.5 Å². The summed E-state index contributed by atoms with van der Waals surface area (Å²) in [6, 6.07) is 14.8. The molecule has 0 aliphatic heterocycles. The number of azo groups is 1. The van der Waals surface area contributed by atoms with Crippen molar-refractivity contribution in [2.24, 2.45) is 10.2 Å². The highest BCUT2D eigenvalue weighted by molar-refractivity contribution is 5.49. The summed E-state index contributed by atoms with van der Waals surface area (Å²) in [5.74, 6) is 3.26. The van der Waals surface area contributed by atoms with Crippen LogP contribution in [0, 0.1) is 40.6 Å². The summed E-state index contributed by atoms with van der Waals surface area (Å²) in [6.45, 7) is 1.94. The summed E-state index contributed by atoms with van der Waals surface area (Å²) in [4.78, 5) is 0. The van der Waals surface area contributed by atoms with Crippen molar-refractivity contribution in [1.82, 2.24) is 0 Å². The van der Waals surface area contributed by atoms with E-state index in [0.29, 0.717) is 23.2 Å². The Bertz CT molecular complexity index is 1170. The number of nitriles is 1. The summed E-state index contributed by atoms with van der Waals surface area (Å²) >= 11 is 0. The van der Waals surface area contributed by atoms with Crippen LogP contribution in [0.2, 0.25) is 0 Å². The average Bonchev–Trinajstić information content (AvgIpc) is 2.73. The van der Waals surface area contributed by atoms with Gasteiger partial charge in [-0.15, -0.1) is 0 Å².